The maximum atomic E-state index is 10.1. The predicted octanol–water partition coefficient (Wildman–Crippen LogP) is 3.50. The van der Waals surface area contributed by atoms with E-state index in [1.807, 2.05) is 43.3 Å². The Balaban J connectivity index is 2.73. The summed E-state index contributed by atoms with van der Waals surface area (Å²) in [4.78, 5) is 10.1. The van der Waals surface area contributed by atoms with E-state index < -0.39 is 0 Å². The zero-order valence-corrected chi connectivity index (χ0v) is 8.66. The number of allylic oxidation sites excluding steroid dienone is 3. The van der Waals surface area contributed by atoms with E-state index in [1.165, 1.54) is 6.08 Å². The van der Waals surface area contributed by atoms with Gasteiger partial charge in [0.15, 0.2) is 0 Å². The third kappa shape index (κ3) is 3.58. The van der Waals surface area contributed by atoms with E-state index in [4.69, 9.17) is 11.6 Å². The molecule has 0 atom stereocenters. The van der Waals surface area contributed by atoms with Gasteiger partial charge in [-0.1, -0.05) is 35.9 Å². The minimum atomic E-state index is 0.724. The number of rotatable bonds is 3. The lowest BCUT2D eigenvalue weighted by Gasteiger charge is -1.93. The van der Waals surface area contributed by atoms with Crippen LogP contribution in [0.1, 0.15) is 12.5 Å². The normalized spacial score (nSPS) is 12.0. The molecular weight excluding hydrogens is 196 g/mol. The van der Waals surface area contributed by atoms with Crippen molar-refractivity contribution in [1.29, 1.82) is 0 Å². The summed E-state index contributed by atoms with van der Waals surface area (Å²) >= 11 is 5.74. The van der Waals surface area contributed by atoms with Gasteiger partial charge in [0.25, 0.3) is 0 Å². The maximum absolute atomic E-state index is 10.1. The maximum Gasteiger partial charge on any atom is 0.143 e. The van der Waals surface area contributed by atoms with Crippen molar-refractivity contribution in [1.82, 2.24) is 0 Å². The van der Waals surface area contributed by atoms with Gasteiger partial charge in [-0.3, -0.25) is 4.79 Å². The first-order valence-corrected chi connectivity index (χ1v) is 4.66. The Hall–Kier alpha value is -1.34. The molecule has 0 aliphatic heterocycles. The highest BCUT2D eigenvalue weighted by Gasteiger charge is 1.87. The van der Waals surface area contributed by atoms with Crippen LogP contribution in [0.4, 0.5) is 0 Å². The molecule has 0 saturated carbocycles. The van der Waals surface area contributed by atoms with Gasteiger partial charge in [-0.25, -0.2) is 0 Å². The van der Waals surface area contributed by atoms with Crippen LogP contribution in [0.3, 0.4) is 0 Å². The molecule has 1 rings (SSSR count). The van der Waals surface area contributed by atoms with E-state index in [1.54, 1.807) is 0 Å². The summed E-state index contributed by atoms with van der Waals surface area (Å²) in [5, 5.41) is 0.724. The highest BCUT2D eigenvalue weighted by molar-refractivity contribution is 6.30. The average Bonchev–Trinajstić information content (AvgIpc) is 2.17. The van der Waals surface area contributed by atoms with Crippen molar-refractivity contribution >= 4 is 24.0 Å². The van der Waals surface area contributed by atoms with Crippen molar-refractivity contribution in [3.05, 3.63) is 52.6 Å². The molecule has 0 aromatic heterocycles. The molecule has 2 heteroatoms. The molecule has 14 heavy (non-hydrogen) atoms. The molecule has 72 valence electrons. The second-order valence-corrected chi connectivity index (χ2v) is 3.37. The van der Waals surface area contributed by atoms with Gasteiger partial charge in [0, 0.05) is 5.02 Å². The zero-order chi connectivity index (χ0) is 10.4. The van der Waals surface area contributed by atoms with E-state index in [2.05, 4.69) is 0 Å². The van der Waals surface area contributed by atoms with Crippen LogP contribution in [0.2, 0.25) is 5.02 Å². The highest BCUT2D eigenvalue weighted by atomic mass is 35.5. The van der Waals surface area contributed by atoms with Crippen molar-refractivity contribution in [2.45, 2.75) is 6.92 Å². The van der Waals surface area contributed by atoms with Crippen LogP contribution in [0.5, 0.6) is 0 Å². The van der Waals surface area contributed by atoms with Gasteiger partial charge in [0.2, 0.25) is 0 Å². The molecule has 1 aromatic carbocycles. The fourth-order valence-corrected chi connectivity index (χ4v) is 1.09. The molecule has 0 aliphatic carbocycles. The molecule has 0 unspecified atom stereocenters. The minimum Gasteiger partial charge on any atom is -0.299 e. The van der Waals surface area contributed by atoms with Gasteiger partial charge >= 0.3 is 0 Å². The highest BCUT2D eigenvalue weighted by Crippen LogP contribution is 2.11. The first-order valence-electron chi connectivity index (χ1n) is 4.28. The second kappa shape index (κ2) is 5.40. The van der Waals surface area contributed by atoms with Crippen molar-refractivity contribution in [3.8, 4) is 0 Å². The molecule has 0 spiro atoms. The fourth-order valence-electron chi connectivity index (χ4n) is 0.964. The SMILES string of the molecule is CC(/C=C/c1ccc(Cl)cc1)=C\C=O. The molecule has 0 saturated heterocycles. The summed E-state index contributed by atoms with van der Waals surface area (Å²) in [6.07, 6.45) is 6.12. The molecule has 0 fully saturated rings. The summed E-state index contributed by atoms with van der Waals surface area (Å²) in [5.41, 5.74) is 1.99. The Kier molecular flexibility index (Phi) is 4.14. The first kappa shape index (κ1) is 10.7. The summed E-state index contributed by atoms with van der Waals surface area (Å²) in [6.45, 7) is 1.88. The molecule has 0 bridgehead atoms. The van der Waals surface area contributed by atoms with Gasteiger partial charge < -0.3 is 0 Å². The van der Waals surface area contributed by atoms with Gasteiger partial charge in [-0.2, -0.15) is 0 Å². The standard InChI is InChI=1S/C12H11ClO/c1-10(8-9-14)2-3-11-4-6-12(13)7-5-11/h2-9H,1H3/b3-2+,10-8+. The molecule has 0 heterocycles. The van der Waals surface area contributed by atoms with Gasteiger partial charge in [-0.15, -0.1) is 0 Å². The van der Waals surface area contributed by atoms with E-state index in [0.717, 1.165) is 22.4 Å². The second-order valence-electron chi connectivity index (χ2n) is 2.93. The van der Waals surface area contributed by atoms with Crippen LogP contribution in [0.15, 0.2) is 42.0 Å². The summed E-state index contributed by atoms with van der Waals surface area (Å²) in [7, 11) is 0. The van der Waals surface area contributed by atoms with E-state index in [0.29, 0.717) is 0 Å². The van der Waals surface area contributed by atoms with Gasteiger partial charge in [-0.05, 0) is 36.3 Å². The van der Waals surface area contributed by atoms with Gasteiger partial charge in [0.1, 0.15) is 6.29 Å². The molecule has 1 aromatic rings. The van der Waals surface area contributed by atoms with Crippen LogP contribution in [0, 0.1) is 0 Å². The minimum absolute atomic E-state index is 0.724. The van der Waals surface area contributed by atoms with E-state index >= 15 is 0 Å². The molecule has 0 N–H and O–H groups in total. The third-order valence-corrected chi connectivity index (χ3v) is 1.99. The van der Waals surface area contributed by atoms with Crippen molar-refractivity contribution in [2.75, 3.05) is 0 Å². The van der Waals surface area contributed by atoms with E-state index in [9.17, 15) is 4.79 Å². The fraction of sp³-hybridized carbons (Fsp3) is 0.0833. The topological polar surface area (TPSA) is 17.1 Å². The number of carbonyl (C=O) groups is 1. The van der Waals surface area contributed by atoms with Crippen LogP contribution in [0.25, 0.3) is 6.08 Å². The Morgan fingerprint density at radius 2 is 1.93 bits per heavy atom. The largest absolute Gasteiger partial charge is 0.299 e. The van der Waals surface area contributed by atoms with Crippen molar-refractivity contribution in [3.63, 3.8) is 0 Å². The van der Waals surface area contributed by atoms with E-state index in [-0.39, 0.29) is 0 Å². The lowest BCUT2D eigenvalue weighted by Crippen LogP contribution is -1.73. The summed E-state index contributed by atoms with van der Waals surface area (Å²) in [5.74, 6) is 0. The van der Waals surface area contributed by atoms with Crippen molar-refractivity contribution in [2.24, 2.45) is 0 Å². The van der Waals surface area contributed by atoms with Crippen LogP contribution in [-0.2, 0) is 4.79 Å². The molecule has 1 nitrogen and oxygen atoms in total. The number of hydrogen-bond donors (Lipinski definition) is 0. The Morgan fingerprint density at radius 1 is 1.29 bits per heavy atom. The average molecular weight is 207 g/mol. The van der Waals surface area contributed by atoms with Crippen LogP contribution >= 0.6 is 11.6 Å². The lowest BCUT2D eigenvalue weighted by atomic mass is 10.2. The van der Waals surface area contributed by atoms with Crippen molar-refractivity contribution < 1.29 is 4.79 Å². The number of aldehydes is 1. The number of hydrogen-bond acceptors (Lipinski definition) is 1. The number of carbonyl (C=O) groups excluding carboxylic acids is 1. The smallest absolute Gasteiger partial charge is 0.143 e. The van der Waals surface area contributed by atoms with Crippen LogP contribution < -0.4 is 0 Å². The number of halogens is 1. The summed E-state index contributed by atoms with van der Waals surface area (Å²) < 4.78 is 0. The molecular formula is C12H11ClO. The number of benzene rings is 1. The van der Waals surface area contributed by atoms with Gasteiger partial charge in [0.05, 0.1) is 0 Å². The predicted molar refractivity (Wildman–Crippen MR) is 60.3 cm³/mol. The lowest BCUT2D eigenvalue weighted by molar-refractivity contribution is -0.104. The molecule has 0 radical (unpaired) electrons. The quantitative estimate of drug-likeness (QED) is 0.420. The zero-order valence-electron chi connectivity index (χ0n) is 7.91. The molecule has 0 amide bonds. The Bertz CT molecular complexity index is 360. The van der Waals surface area contributed by atoms with Crippen LogP contribution in [-0.4, -0.2) is 6.29 Å². The first-order chi connectivity index (χ1) is 6.72. The Labute approximate surface area is 88.7 Å². The summed E-state index contributed by atoms with van der Waals surface area (Å²) in [6, 6.07) is 7.51. The third-order valence-electron chi connectivity index (χ3n) is 1.74. The molecule has 0 aliphatic rings. The monoisotopic (exact) mass is 206 g/mol. The Morgan fingerprint density at radius 3 is 2.50 bits per heavy atom.